The van der Waals surface area contributed by atoms with Gasteiger partial charge in [0.1, 0.15) is 33.1 Å². The first-order valence-electron chi connectivity index (χ1n) is 14.2. The highest BCUT2D eigenvalue weighted by atomic mass is 15.3. The minimum atomic E-state index is 0.702. The zero-order chi connectivity index (χ0) is 29.5. The molecule has 7 heterocycles. The lowest BCUT2D eigenvalue weighted by molar-refractivity contribution is 1.01. The van der Waals surface area contributed by atoms with Crippen LogP contribution in [0.5, 0.6) is 0 Å². The second kappa shape index (κ2) is 8.91. The van der Waals surface area contributed by atoms with Crippen LogP contribution in [0, 0.1) is 0 Å². The summed E-state index contributed by atoms with van der Waals surface area (Å²) < 4.78 is 6.36. The Labute approximate surface area is 251 Å². The van der Waals surface area contributed by atoms with Gasteiger partial charge in [0.05, 0.1) is 33.1 Å². The fraction of sp³-hybridized carbons (Fsp3) is 0. The number of imidazole rings is 3. The predicted molar refractivity (Wildman–Crippen MR) is 171 cm³/mol. The van der Waals surface area contributed by atoms with E-state index < -0.39 is 0 Å². The molecule has 11 aromatic rings. The number of aromatic nitrogens is 12. The van der Waals surface area contributed by atoms with Gasteiger partial charge in [0.15, 0.2) is 0 Å². The molecule has 12 heteroatoms. The van der Waals surface area contributed by atoms with Crippen molar-refractivity contribution in [3.05, 3.63) is 110 Å². The van der Waals surface area contributed by atoms with E-state index in [0.717, 1.165) is 50.4 Å². The zero-order valence-electron chi connectivity index (χ0n) is 23.3. The summed E-state index contributed by atoms with van der Waals surface area (Å²) in [6, 6.07) is 24.5. The molecule has 0 N–H and O–H groups in total. The lowest BCUT2D eigenvalue weighted by Gasteiger charge is -2.05. The standard InChI is InChI=1S/C21H12N6.C12H6N6/c1-4-10-16-13(7-1)22-19-25(16)20-23-15-9-3-6-12-18(15)27(20)21-24-14-8-2-5-11-17(14)26(19)21;1-2-14-8-7(13-1)9-11(17-4-3-15-9)12-10(8)16-5-6-18-12/h1-12H;1-6H. The van der Waals surface area contributed by atoms with Gasteiger partial charge in [0, 0.05) is 37.2 Å². The Hall–Kier alpha value is -6.69. The van der Waals surface area contributed by atoms with Gasteiger partial charge in [-0.3, -0.25) is 29.9 Å². The summed E-state index contributed by atoms with van der Waals surface area (Å²) in [6.07, 6.45) is 9.83. The van der Waals surface area contributed by atoms with Crippen LogP contribution >= 0.6 is 0 Å². The van der Waals surface area contributed by atoms with Crippen molar-refractivity contribution in [1.29, 1.82) is 0 Å². The third-order valence-electron chi connectivity index (χ3n) is 8.00. The van der Waals surface area contributed by atoms with Crippen LogP contribution < -0.4 is 0 Å². The molecule has 0 atom stereocenters. The zero-order valence-corrected chi connectivity index (χ0v) is 23.3. The Morgan fingerprint density at radius 3 is 0.822 bits per heavy atom. The van der Waals surface area contributed by atoms with Crippen molar-refractivity contribution in [2.75, 3.05) is 0 Å². The molecular formula is C33H18N12. The summed E-state index contributed by atoms with van der Waals surface area (Å²) in [5, 5.41) is 0. The van der Waals surface area contributed by atoms with E-state index in [0.29, 0.717) is 33.1 Å². The molecule has 0 aliphatic carbocycles. The van der Waals surface area contributed by atoms with Crippen LogP contribution in [0.3, 0.4) is 0 Å². The van der Waals surface area contributed by atoms with Crippen molar-refractivity contribution in [2.24, 2.45) is 0 Å². The van der Waals surface area contributed by atoms with E-state index in [9.17, 15) is 0 Å². The first-order chi connectivity index (χ1) is 22.3. The van der Waals surface area contributed by atoms with Gasteiger partial charge in [-0.25, -0.2) is 28.2 Å². The molecular weight excluding hydrogens is 564 g/mol. The number of fused-ring (bicyclic) bond motifs is 18. The maximum absolute atomic E-state index is 4.92. The molecule has 0 aliphatic heterocycles. The summed E-state index contributed by atoms with van der Waals surface area (Å²) in [4.78, 5) is 40.7. The van der Waals surface area contributed by atoms with Gasteiger partial charge in [-0.05, 0) is 36.4 Å². The largest absolute Gasteiger partial charge is 0.251 e. The SMILES string of the molecule is c1ccc2c(c1)nc1n2c2nc3ccccc3n2c2nc3ccccc3n12.c1cnc2c(n1)c1nccnc1c1nccnc21. The van der Waals surface area contributed by atoms with Crippen molar-refractivity contribution in [2.45, 2.75) is 0 Å². The summed E-state index contributed by atoms with van der Waals surface area (Å²) >= 11 is 0. The summed E-state index contributed by atoms with van der Waals surface area (Å²) in [6.45, 7) is 0. The molecule has 0 bridgehead atoms. The lowest BCUT2D eigenvalue weighted by atomic mass is 10.2. The first kappa shape index (κ1) is 23.8. The third kappa shape index (κ3) is 3.27. The number of nitrogens with zero attached hydrogens (tertiary/aromatic N) is 12. The van der Waals surface area contributed by atoms with Crippen LogP contribution in [0.25, 0.3) is 83.5 Å². The third-order valence-corrected chi connectivity index (χ3v) is 8.00. The molecule has 0 unspecified atom stereocenters. The van der Waals surface area contributed by atoms with Gasteiger partial charge < -0.3 is 0 Å². The Morgan fingerprint density at radius 2 is 0.556 bits per heavy atom. The molecule has 4 aromatic carbocycles. The average Bonchev–Trinajstić information content (AvgIpc) is 3.80. The van der Waals surface area contributed by atoms with Crippen LogP contribution in [0.4, 0.5) is 0 Å². The van der Waals surface area contributed by atoms with Crippen LogP contribution in [0.2, 0.25) is 0 Å². The predicted octanol–water partition coefficient (Wildman–Crippen LogP) is 5.61. The molecule has 11 rings (SSSR count). The van der Waals surface area contributed by atoms with Crippen molar-refractivity contribution < 1.29 is 0 Å². The van der Waals surface area contributed by atoms with Gasteiger partial charge in [-0.15, -0.1) is 0 Å². The molecule has 0 radical (unpaired) electrons. The smallest absolute Gasteiger partial charge is 0.225 e. The number of hydrogen-bond acceptors (Lipinski definition) is 9. The molecule has 0 saturated carbocycles. The van der Waals surface area contributed by atoms with Crippen LogP contribution in [-0.4, -0.2) is 58.1 Å². The Kier molecular flexibility index (Phi) is 4.72. The Morgan fingerprint density at radius 1 is 0.311 bits per heavy atom. The van der Waals surface area contributed by atoms with Crippen LogP contribution in [0.15, 0.2) is 110 Å². The summed E-state index contributed by atoms with van der Waals surface area (Å²) in [7, 11) is 0. The van der Waals surface area contributed by atoms with E-state index >= 15 is 0 Å². The molecule has 0 saturated heterocycles. The topological polar surface area (TPSA) is 129 Å². The number of benzene rings is 4. The highest BCUT2D eigenvalue weighted by Gasteiger charge is 2.20. The van der Waals surface area contributed by atoms with E-state index in [1.165, 1.54) is 0 Å². The Balaban J connectivity index is 0.000000128. The van der Waals surface area contributed by atoms with Gasteiger partial charge in [0.2, 0.25) is 17.3 Å². The molecule has 0 fully saturated rings. The molecule has 0 spiro atoms. The fourth-order valence-electron chi connectivity index (χ4n) is 6.14. The van der Waals surface area contributed by atoms with Gasteiger partial charge >= 0.3 is 0 Å². The first-order valence-corrected chi connectivity index (χ1v) is 14.2. The minimum Gasteiger partial charge on any atom is -0.251 e. The average molecular weight is 583 g/mol. The van der Waals surface area contributed by atoms with Crippen molar-refractivity contribution in [3.8, 4) is 0 Å². The van der Waals surface area contributed by atoms with Crippen molar-refractivity contribution in [1.82, 2.24) is 58.1 Å². The quantitative estimate of drug-likeness (QED) is 0.210. The molecule has 210 valence electrons. The van der Waals surface area contributed by atoms with Crippen LogP contribution in [-0.2, 0) is 0 Å². The highest BCUT2D eigenvalue weighted by Crippen LogP contribution is 2.29. The molecule has 7 aromatic heterocycles. The monoisotopic (exact) mass is 582 g/mol. The molecule has 45 heavy (non-hydrogen) atoms. The van der Waals surface area contributed by atoms with E-state index in [1.54, 1.807) is 37.2 Å². The van der Waals surface area contributed by atoms with Gasteiger partial charge in [0.25, 0.3) is 0 Å². The maximum atomic E-state index is 4.92. The van der Waals surface area contributed by atoms with E-state index in [-0.39, 0.29) is 0 Å². The van der Waals surface area contributed by atoms with Crippen LogP contribution in [0.1, 0.15) is 0 Å². The normalized spacial score (nSPS) is 12.0. The number of hydrogen-bond donors (Lipinski definition) is 0. The van der Waals surface area contributed by atoms with Gasteiger partial charge in [-0.1, -0.05) is 36.4 Å². The fourth-order valence-corrected chi connectivity index (χ4v) is 6.14. The van der Waals surface area contributed by atoms with Crippen molar-refractivity contribution in [3.63, 3.8) is 0 Å². The van der Waals surface area contributed by atoms with E-state index in [2.05, 4.69) is 61.3 Å². The second-order valence-electron chi connectivity index (χ2n) is 10.5. The second-order valence-corrected chi connectivity index (χ2v) is 10.5. The summed E-state index contributed by atoms with van der Waals surface area (Å²) in [5.74, 6) is 2.47. The number of rotatable bonds is 0. The Bertz CT molecular complexity index is 2500. The van der Waals surface area contributed by atoms with Gasteiger partial charge in [-0.2, -0.15) is 0 Å². The van der Waals surface area contributed by atoms with Crippen molar-refractivity contribution >= 4 is 83.5 Å². The molecule has 12 nitrogen and oxygen atoms in total. The molecule has 0 amide bonds. The maximum Gasteiger partial charge on any atom is 0.225 e. The highest BCUT2D eigenvalue weighted by molar-refractivity contribution is 6.17. The van der Waals surface area contributed by atoms with E-state index in [1.807, 2.05) is 54.6 Å². The number of para-hydroxylation sites is 6. The lowest BCUT2D eigenvalue weighted by Crippen LogP contribution is -2.03. The summed E-state index contributed by atoms with van der Waals surface area (Å²) in [5.41, 5.74) is 10.1. The minimum absolute atomic E-state index is 0.702. The van der Waals surface area contributed by atoms with E-state index in [4.69, 9.17) is 15.0 Å². The molecule has 0 aliphatic rings.